The Bertz CT molecular complexity index is 1040. The summed E-state index contributed by atoms with van der Waals surface area (Å²) in [7, 11) is -3.96. The van der Waals surface area contributed by atoms with Gasteiger partial charge in [-0.05, 0) is 44.0 Å². The SMILES string of the molecule is C=CS(=O)(=O)NC(=O)c1cnc(N2CC(C)C2(C)C)c(-c2ccc(F)cc2)n1. The molecule has 1 aliphatic heterocycles. The van der Waals surface area contributed by atoms with Crippen molar-refractivity contribution >= 4 is 21.7 Å². The van der Waals surface area contributed by atoms with Crippen molar-refractivity contribution in [3.05, 3.63) is 54.0 Å². The van der Waals surface area contributed by atoms with Gasteiger partial charge in [0.15, 0.2) is 5.82 Å². The van der Waals surface area contributed by atoms with E-state index in [-0.39, 0.29) is 11.2 Å². The number of rotatable bonds is 5. The second-order valence-corrected chi connectivity index (χ2v) is 8.87. The van der Waals surface area contributed by atoms with Gasteiger partial charge in [-0.2, -0.15) is 0 Å². The third-order valence-corrected chi connectivity index (χ3v) is 6.08. The summed E-state index contributed by atoms with van der Waals surface area (Å²) in [5.74, 6) is -0.338. The van der Waals surface area contributed by atoms with Gasteiger partial charge in [-0.15, -0.1) is 0 Å². The molecule has 1 fully saturated rings. The Morgan fingerprint density at radius 3 is 2.54 bits per heavy atom. The van der Waals surface area contributed by atoms with Gasteiger partial charge in [0.2, 0.25) is 0 Å². The number of amides is 1. The standard InChI is InChI=1S/C19H21FN4O3S/c1-5-28(26,27)23-18(25)15-10-21-17(24-11-12(2)19(24,3)4)16(22-15)13-6-8-14(20)9-7-13/h5-10,12H,1,11H2,2-4H3,(H,23,25). The van der Waals surface area contributed by atoms with Crippen LogP contribution in [0.15, 0.2) is 42.4 Å². The summed E-state index contributed by atoms with van der Waals surface area (Å²) < 4.78 is 38.4. The van der Waals surface area contributed by atoms with E-state index in [1.54, 1.807) is 12.1 Å². The topological polar surface area (TPSA) is 92.3 Å². The van der Waals surface area contributed by atoms with E-state index in [1.165, 1.54) is 18.3 Å². The largest absolute Gasteiger partial charge is 0.349 e. The molecule has 0 aliphatic carbocycles. The van der Waals surface area contributed by atoms with Crippen LogP contribution in [0.3, 0.4) is 0 Å². The lowest BCUT2D eigenvalue weighted by molar-refractivity contribution is 0.0976. The van der Waals surface area contributed by atoms with E-state index >= 15 is 0 Å². The Kier molecular flexibility index (Phi) is 4.97. The van der Waals surface area contributed by atoms with Gasteiger partial charge in [0, 0.05) is 23.1 Å². The van der Waals surface area contributed by atoms with E-state index in [4.69, 9.17) is 0 Å². The molecule has 2 heterocycles. The first-order valence-electron chi connectivity index (χ1n) is 8.65. The molecule has 9 heteroatoms. The van der Waals surface area contributed by atoms with Gasteiger partial charge in [-0.3, -0.25) is 4.79 Å². The molecule has 1 N–H and O–H groups in total. The first kappa shape index (κ1) is 19.9. The Morgan fingerprint density at radius 2 is 2.00 bits per heavy atom. The normalized spacial score (nSPS) is 18.3. The van der Waals surface area contributed by atoms with Crippen molar-refractivity contribution in [2.24, 2.45) is 5.92 Å². The van der Waals surface area contributed by atoms with E-state index < -0.39 is 21.7 Å². The van der Waals surface area contributed by atoms with Crippen LogP contribution in [0.25, 0.3) is 11.3 Å². The highest BCUT2D eigenvalue weighted by atomic mass is 32.2. The molecule has 3 rings (SSSR count). The van der Waals surface area contributed by atoms with Crippen LogP contribution in [-0.2, 0) is 10.0 Å². The molecule has 1 atom stereocenters. The van der Waals surface area contributed by atoms with Crippen LogP contribution in [0.4, 0.5) is 10.2 Å². The zero-order valence-corrected chi connectivity index (χ0v) is 16.6. The summed E-state index contributed by atoms with van der Waals surface area (Å²) in [5.41, 5.74) is 0.614. The summed E-state index contributed by atoms with van der Waals surface area (Å²) in [5, 5.41) is 0.636. The van der Waals surface area contributed by atoms with Crippen LogP contribution < -0.4 is 9.62 Å². The van der Waals surface area contributed by atoms with Crippen molar-refractivity contribution in [2.75, 3.05) is 11.4 Å². The number of nitrogens with zero attached hydrogens (tertiary/aromatic N) is 3. The van der Waals surface area contributed by atoms with Gasteiger partial charge in [0.1, 0.15) is 17.2 Å². The number of hydrogen-bond donors (Lipinski definition) is 1. The summed E-state index contributed by atoms with van der Waals surface area (Å²) in [6.07, 6.45) is 1.23. The van der Waals surface area contributed by atoms with Crippen molar-refractivity contribution in [1.29, 1.82) is 0 Å². The minimum atomic E-state index is -3.96. The average molecular weight is 404 g/mol. The highest BCUT2D eigenvalue weighted by Crippen LogP contribution is 2.42. The summed E-state index contributed by atoms with van der Waals surface area (Å²) >= 11 is 0. The fraction of sp³-hybridized carbons (Fsp3) is 0.316. The molecule has 2 aromatic rings. The number of hydrogen-bond acceptors (Lipinski definition) is 6. The van der Waals surface area contributed by atoms with Crippen LogP contribution in [0, 0.1) is 11.7 Å². The lowest BCUT2D eigenvalue weighted by Crippen LogP contribution is -2.63. The third-order valence-electron chi connectivity index (χ3n) is 5.17. The van der Waals surface area contributed by atoms with Crippen LogP contribution in [0.2, 0.25) is 0 Å². The first-order chi connectivity index (χ1) is 13.0. The maximum Gasteiger partial charge on any atom is 0.285 e. The quantitative estimate of drug-likeness (QED) is 0.824. The maximum atomic E-state index is 13.4. The van der Waals surface area contributed by atoms with Crippen molar-refractivity contribution in [2.45, 2.75) is 26.3 Å². The summed E-state index contributed by atoms with van der Waals surface area (Å²) in [4.78, 5) is 23.1. The molecule has 7 nitrogen and oxygen atoms in total. The molecule has 0 radical (unpaired) electrons. The van der Waals surface area contributed by atoms with Crippen LogP contribution >= 0.6 is 0 Å². The molecule has 1 aliphatic rings. The molecular weight excluding hydrogens is 383 g/mol. The second-order valence-electron chi connectivity index (χ2n) is 7.24. The number of benzene rings is 1. The second kappa shape index (κ2) is 6.97. The van der Waals surface area contributed by atoms with Gasteiger partial charge >= 0.3 is 0 Å². The number of halogens is 1. The third kappa shape index (κ3) is 3.62. The van der Waals surface area contributed by atoms with Gasteiger partial charge in [-0.1, -0.05) is 13.5 Å². The highest BCUT2D eigenvalue weighted by molar-refractivity contribution is 7.92. The summed E-state index contributed by atoms with van der Waals surface area (Å²) in [6, 6.07) is 5.67. The van der Waals surface area contributed by atoms with Crippen LogP contribution in [-0.4, -0.2) is 36.4 Å². The number of carbonyl (C=O) groups is 1. The number of nitrogens with one attached hydrogen (secondary N) is 1. The molecule has 148 valence electrons. The Labute approximate surface area is 163 Å². The Morgan fingerprint density at radius 1 is 1.36 bits per heavy atom. The van der Waals surface area contributed by atoms with Crippen molar-refractivity contribution < 1.29 is 17.6 Å². The van der Waals surface area contributed by atoms with E-state index in [9.17, 15) is 17.6 Å². The van der Waals surface area contributed by atoms with E-state index in [0.29, 0.717) is 28.4 Å². The first-order valence-corrected chi connectivity index (χ1v) is 10.2. The van der Waals surface area contributed by atoms with Crippen LogP contribution in [0.1, 0.15) is 31.3 Å². The van der Waals surface area contributed by atoms with E-state index in [1.807, 2.05) is 4.72 Å². The number of sulfonamides is 1. The molecule has 1 saturated heterocycles. The van der Waals surface area contributed by atoms with E-state index in [2.05, 4.69) is 42.2 Å². The van der Waals surface area contributed by atoms with Crippen LogP contribution in [0.5, 0.6) is 0 Å². The predicted molar refractivity (Wildman–Crippen MR) is 105 cm³/mol. The number of anilines is 1. The van der Waals surface area contributed by atoms with Crippen molar-refractivity contribution in [1.82, 2.24) is 14.7 Å². The molecule has 0 saturated carbocycles. The van der Waals surface area contributed by atoms with Gasteiger partial charge in [-0.25, -0.2) is 27.5 Å². The minimum absolute atomic E-state index is 0.167. The minimum Gasteiger partial charge on any atom is -0.349 e. The molecule has 1 aromatic heterocycles. The smallest absolute Gasteiger partial charge is 0.285 e. The number of aromatic nitrogens is 2. The molecule has 0 bridgehead atoms. The predicted octanol–water partition coefficient (Wildman–Crippen LogP) is 2.72. The lowest BCUT2D eigenvalue weighted by atomic mass is 9.78. The van der Waals surface area contributed by atoms with Gasteiger partial charge in [0.05, 0.1) is 6.20 Å². The molecule has 28 heavy (non-hydrogen) atoms. The molecule has 0 spiro atoms. The Hall–Kier alpha value is -2.81. The van der Waals surface area contributed by atoms with Crippen molar-refractivity contribution in [3.8, 4) is 11.3 Å². The van der Waals surface area contributed by atoms with Gasteiger partial charge < -0.3 is 4.90 Å². The zero-order valence-electron chi connectivity index (χ0n) is 15.8. The Balaban J connectivity index is 2.07. The monoisotopic (exact) mass is 404 g/mol. The van der Waals surface area contributed by atoms with Crippen molar-refractivity contribution in [3.63, 3.8) is 0 Å². The summed E-state index contributed by atoms with van der Waals surface area (Å²) in [6.45, 7) is 10.2. The molecule has 1 aromatic carbocycles. The fourth-order valence-electron chi connectivity index (χ4n) is 2.96. The maximum absolute atomic E-state index is 13.4. The van der Waals surface area contributed by atoms with Gasteiger partial charge in [0.25, 0.3) is 15.9 Å². The molecule has 1 unspecified atom stereocenters. The average Bonchev–Trinajstić information content (AvgIpc) is 2.66. The highest BCUT2D eigenvalue weighted by Gasteiger charge is 2.45. The fourth-order valence-corrected chi connectivity index (χ4v) is 3.41. The van der Waals surface area contributed by atoms with E-state index in [0.717, 1.165) is 6.54 Å². The molecule has 1 amide bonds. The lowest BCUT2D eigenvalue weighted by Gasteiger charge is -2.55. The molecular formula is C19H21FN4O3S. The number of carbonyl (C=O) groups excluding carboxylic acids is 1. The zero-order chi connectivity index (χ0) is 20.7.